The number of carbonyl (C=O) groups excluding carboxylic acids is 1. The van der Waals surface area contributed by atoms with Crippen molar-refractivity contribution in [3.63, 3.8) is 0 Å². The molecular formula is C27H42O3. The van der Waals surface area contributed by atoms with Gasteiger partial charge in [-0.1, -0.05) is 38.5 Å². The van der Waals surface area contributed by atoms with Crippen molar-refractivity contribution in [1.29, 1.82) is 0 Å². The van der Waals surface area contributed by atoms with Gasteiger partial charge in [0.15, 0.2) is 5.78 Å². The second kappa shape index (κ2) is 7.59. The minimum absolute atomic E-state index is 0.109. The van der Waals surface area contributed by atoms with Crippen LogP contribution in [0.5, 0.6) is 0 Å². The largest absolute Gasteiger partial charge is 0.393 e. The second-order valence-corrected chi connectivity index (χ2v) is 12.1. The van der Waals surface area contributed by atoms with E-state index in [1.54, 1.807) is 0 Å². The molecule has 30 heavy (non-hydrogen) atoms. The van der Waals surface area contributed by atoms with Crippen molar-refractivity contribution in [3.8, 4) is 0 Å². The predicted octanol–water partition coefficient (Wildman–Crippen LogP) is 5.46. The molecule has 168 valence electrons. The lowest BCUT2D eigenvalue weighted by molar-refractivity contribution is -0.135. The van der Waals surface area contributed by atoms with E-state index in [9.17, 15) is 15.0 Å². The van der Waals surface area contributed by atoms with E-state index in [4.69, 9.17) is 0 Å². The van der Waals surface area contributed by atoms with Crippen LogP contribution in [-0.4, -0.2) is 27.7 Å². The first-order chi connectivity index (χ1) is 14.0. The quantitative estimate of drug-likeness (QED) is 0.601. The maximum Gasteiger partial charge on any atom is 0.159 e. The van der Waals surface area contributed by atoms with Gasteiger partial charge in [-0.2, -0.15) is 0 Å². The van der Waals surface area contributed by atoms with Crippen LogP contribution in [0.15, 0.2) is 23.8 Å². The lowest BCUT2D eigenvalue weighted by Crippen LogP contribution is -2.53. The first kappa shape index (κ1) is 22.3. The second-order valence-electron chi connectivity index (χ2n) is 12.1. The normalized spacial score (nSPS) is 45.0. The SMILES string of the molecule is CC(C/C=C\C(C)(C)O)[C@H]1CCC2C3C(=O)C=C4C[C@@H](O)CC[C@]4(C)C3CC[C@@]21C. The molecule has 0 heterocycles. The molecule has 4 rings (SSSR count). The summed E-state index contributed by atoms with van der Waals surface area (Å²) in [7, 11) is 0. The molecule has 0 aromatic carbocycles. The number of aliphatic hydroxyl groups is 2. The van der Waals surface area contributed by atoms with Crippen LogP contribution in [0.4, 0.5) is 0 Å². The standard InChI is InChI=1S/C27H42O3/c1-17(7-6-12-25(2,3)30)20-8-9-21-24-22(11-14-27(20,21)5)26(4)13-10-19(28)15-18(26)16-23(24)29/h6,12,16-17,19-22,24,28,30H,7-11,13-15H2,1-5H3/b12-6-/t17?,19-,20+,21?,22?,24?,26-,27+/m0/s1. The molecule has 2 N–H and O–H groups in total. The third-order valence-electron chi connectivity index (χ3n) is 9.71. The number of aliphatic hydroxyl groups excluding tert-OH is 1. The van der Waals surface area contributed by atoms with Crippen LogP contribution in [0.3, 0.4) is 0 Å². The van der Waals surface area contributed by atoms with E-state index in [2.05, 4.69) is 26.8 Å². The molecule has 0 aliphatic heterocycles. The lowest BCUT2D eigenvalue weighted by atomic mass is 9.46. The van der Waals surface area contributed by atoms with Crippen molar-refractivity contribution in [2.24, 2.45) is 40.4 Å². The van der Waals surface area contributed by atoms with Crippen molar-refractivity contribution in [3.05, 3.63) is 23.8 Å². The first-order valence-electron chi connectivity index (χ1n) is 12.3. The van der Waals surface area contributed by atoms with E-state index in [1.807, 2.05) is 26.0 Å². The van der Waals surface area contributed by atoms with E-state index >= 15 is 0 Å². The number of hydrogen-bond donors (Lipinski definition) is 2. The zero-order chi connectivity index (χ0) is 21.9. The lowest BCUT2D eigenvalue weighted by Gasteiger charge is -2.57. The summed E-state index contributed by atoms with van der Waals surface area (Å²) in [6.07, 6.45) is 14.1. The van der Waals surface area contributed by atoms with Gasteiger partial charge in [-0.3, -0.25) is 4.79 Å². The van der Waals surface area contributed by atoms with Gasteiger partial charge in [-0.25, -0.2) is 0 Å². The highest BCUT2D eigenvalue weighted by Gasteiger charge is 2.61. The van der Waals surface area contributed by atoms with Gasteiger partial charge in [0.25, 0.3) is 0 Å². The minimum atomic E-state index is -0.749. The molecule has 0 bridgehead atoms. The fourth-order valence-corrected chi connectivity index (χ4v) is 8.09. The predicted molar refractivity (Wildman–Crippen MR) is 121 cm³/mol. The van der Waals surface area contributed by atoms with Crippen LogP contribution in [-0.2, 0) is 4.79 Å². The summed E-state index contributed by atoms with van der Waals surface area (Å²) in [6.45, 7) is 10.9. The highest BCUT2D eigenvalue weighted by Crippen LogP contribution is 2.66. The monoisotopic (exact) mass is 414 g/mol. The molecule has 0 amide bonds. The van der Waals surface area contributed by atoms with Crippen LogP contribution >= 0.6 is 0 Å². The van der Waals surface area contributed by atoms with E-state index < -0.39 is 5.60 Å². The summed E-state index contributed by atoms with van der Waals surface area (Å²) < 4.78 is 0. The number of rotatable bonds is 4. The van der Waals surface area contributed by atoms with Crippen LogP contribution < -0.4 is 0 Å². The third-order valence-corrected chi connectivity index (χ3v) is 9.71. The van der Waals surface area contributed by atoms with E-state index in [0.29, 0.717) is 35.9 Å². The number of hydrogen-bond acceptors (Lipinski definition) is 3. The molecule has 0 aromatic heterocycles. The van der Waals surface area contributed by atoms with Gasteiger partial charge in [-0.05, 0) is 106 Å². The Bertz CT molecular complexity index is 744. The van der Waals surface area contributed by atoms with Crippen molar-refractivity contribution < 1.29 is 15.0 Å². The Morgan fingerprint density at radius 3 is 2.60 bits per heavy atom. The summed E-state index contributed by atoms with van der Waals surface area (Å²) in [4.78, 5) is 13.4. The van der Waals surface area contributed by atoms with Crippen LogP contribution in [0.1, 0.15) is 86.0 Å². The van der Waals surface area contributed by atoms with Crippen LogP contribution in [0, 0.1) is 40.4 Å². The van der Waals surface area contributed by atoms with E-state index in [-0.39, 0.29) is 22.9 Å². The molecule has 3 nitrogen and oxygen atoms in total. The summed E-state index contributed by atoms with van der Waals surface area (Å²) in [5, 5.41) is 20.2. The molecule has 0 spiro atoms. The smallest absolute Gasteiger partial charge is 0.159 e. The molecule has 0 radical (unpaired) electrons. The average Bonchev–Trinajstić information content (AvgIpc) is 2.99. The number of ketones is 1. The topological polar surface area (TPSA) is 57.5 Å². The number of fused-ring (bicyclic) bond motifs is 5. The molecule has 0 saturated heterocycles. The Labute approximate surface area is 183 Å². The van der Waals surface area contributed by atoms with E-state index in [0.717, 1.165) is 25.7 Å². The van der Waals surface area contributed by atoms with Crippen LogP contribution in [0.25, 0.3) is 0 Å². The molecule has 3 heteroatoms. The van der Waals surface area contributed by atoms with Crippen molar-refractivity contribution in [1.82, 2.24) is 0 Å². The maximum absolute atomic E-state index is 13.4. The first-order valence-corrected chi connectivity index (χ1v) is 12.3. The summed E-state index contributed by atoms with van der Waals surface area (Å²) in [5.74, 6) is 2.70. The molecule has 3 fully saturated rings. The fraction of sp³-hybridized carbons (Fsp3) is 0.815. The maximum atomic E-state index is 13.4. The third kappa shape index (κ3) is 3.64. The van der Waals surface area contributed by atoms with Crippen LogP contribution in [0.2, 0.25) is 0 Å². The van der Waals surface area contributed by atoms with Gasteiger partial charge in [0, 0.05) is 5.92 Å². The van der Waals surface area contributed by atoms with Crippen molar-refractivity contribution >= 4 is 5.78 Å². The van der Waals surface area contributed by atoms with Gasteiger partial charge in [0.05, 0.1) is 11.7 Å². The Balaban J connectivity index is 1.56. The Morgan fingerprint density at radius 2 is 1.90 bits per heavy atom. The molecule has 0 aromatic rings. The molecule has 4 unspecified atom stereocenters. The molecule has 4 aliphatic rings. The highest BCUT2D eigenvalue weighted by atomic mass is 16.3. The molecule has 4 aliphatic carbocycles. The number of carbonyl (C=O) groups is 1. The van der Waals surface area contributed by atoms with Gasteiger partial charge in [0.2, 0.25) is 0 Å². The van der Waals surface area contributed by atoms with E-state index in [1.165, 1.54) is 24.8 Å². The fourth-order valence-electron chi connectivity index (χ4n) is 8.09. The molecule has 8 atom stereocenters. The molecular weight excluding hydrogens is 372 g/mol. The highest BCUT2D eigenvalue weighted by molar-refractivity contribution is 5.94. The number of allylic oxidation sites excluding steroid dienone is 2. The van der Waals surface area contributed by atoms with Gasteiger partial charge in [-0.15, -0.1) is 0 Å². The van der Waals surface area contributed by atoms with Crippen molar-refractivity contribution in [2.45, 2.75) is 97.7 Å². The van der Waals surface area contributed by atoms with Gasteiger partial charge < -0.3 is 10.2 Å². The van der Waals surface area contributed by atoms with Gasteiger partial charge >= 0.3 is 0 Å². The minimum Gasteiger partial charge on any atom is -0.393 e. The summed E-state index contributed by atoms with van der Waals surface area (Å²) in [5.41, 5.74) is 0.838. The van der Waals surface area contributed by atoms with Gasteiger partial charge in [0.1, 0.15) is 0 Å². The Kier molecular flexibility index (Phi) is 5.63. The average molecular weight is 415 g/mol. The zero-order valence-electron chi connectivity index (χ0n) is 19.7. The molecule has 3 saturated carbocycles. The van der Waals surface area contributed by atoms with Crippen molar-refractivity contribution in [2.75, 3.05) is 0 Å². The summed E-state index contributed by atoms with van der Waals surface area (Å²) >= 11 is 0. The Morgan fingerprint density at radius 1 is 1.17 bits per heavy atom. The zero-order valence-corrected chi connectivity index (χ0v) is 19.7. The Hall–Kier alpha value is -0.930. The summed E-state index contributed by atoms with van der Waals surface area (Å²) in [6, 6.07) is 0.